The van der Waals surface area contributed by atoms with Gasteiger partial charge in [0.25, 0.3) is 0 Å². The Bertz CT molecular complexity index is 197. The highest BCUT2D eigenvalue weighted by Crippen LogP contribution is 2.37. The molecule has 0 aromatic rings. The summed E-state index contributed by atoms with van der Waals surface area (Å²) in [5.41, 5.74) is 0.432. The van der Waals surface area contributed by atoms with Crippen molar-refractivity contribution in [1.29, 1.82) is 0 Å². The molecule has 1 aliphatic carbocycles. The molecule has 0 spiro atoms. The molecule has 104 valence electrons. The quantitative estimate of drug-likeness (QED) is 0.727. The van der Waals surface area contributed by atoms with Crippen LogP contribution < -0.4 is 5.32 Å². The van der Waals surface area contributed by atoms with Crippen molar-refractivity contribution in [3.8, 4) is 0 Å². The van der Waals surface area contributed by atoms with Gasteiger partial charge in [-0.05, 0) is 37.0 Å². The van der Waals surface area contributed by atoms with Gasteiger partial charge < -0.3 is 5.32 Å². The van der Waals surface area contributed by atoms with Gasteiger partial charge in [-0.25, -0.2) is 0 Å². The highest BCUT2D eigenvalue weighted by molar-refractivity contribution is 5.73. The topological polar surface area (TPSA) is 29.1 Å². The molecule has 1 amide bonds. The smallest absolute Gasteiger partial charge is 0.217 e. The fraction of sp³-hybridized carbons (Fsp3) is 0.933. The summed E-state index contributed by atoms with van der Waals surface area (Å²) >= 11 is 0. The molecular weight excluding hydrogens is 210 g/mol. The van der Waals surface area contributed by atoms with Crippen LogP contribution in [0.3, 0.4) is 0 Å². The molecule has 0 heterocycles. The second-order valence-electron chi connectivity index (χ2n) is 5.62. The lowest BCUT2D eigenvalue weighted by Crippen LogP contribution is -2.38. The number of hydrogen-bond donors (Lipinski definition) is 1. The Hall–Kier alpha value is -0.530. The van der Waals surface area contributed by atoms with Crippen LogP contribution in [0.2, 0.25) is 0 Å². The molecule has 1 saturated carbocycles. The molecule has 0 unspecified atom stereocenters. The maximum Gasteiger partial charge on any atom is 0.217 e. The molecule has 17 heavy (non-hydrogen) atoms. The predicted molar refractivity (Wildman–Crippen MR) is 77.1 cm³/mol. The van der Waals surface area contributed by atoms with E-state index in [0.717, 1.165) is 18.8 Å². The Morgan fingerprint density at radius 2 is 1.47 bits per heavy atom. The van der Waals surface area contributed by atoms with E-state index in [0.29, 0.717) is 11.5 Å². The molecule has 0 aliphatic heterocycles. The SMILES string of the molecule is C.CC.CC(=O)NC1CCC(C(C)(C)C)CC1. The molecule has 2 nitrogen and oxygen atoms in total. The monoisotopic (exact) mass is 243 g/mol. The lowest BCUT2D eigenvalue weighted by molar-refractivity contribution is -0.119. The average molecular weight is 243 g/mol. The van der Waals surface area contributed by atoms with Crippen molar-refractivity contribution in [2.75, 3.05) is 0 Å². The zero-order valence-corrected chi connectivity index (χ0v) is 11.9. The van der Waals surface area contributed by atoms with E-state index in [1.165, 1.54) is 12.8 Å². The van der Waals surface area contributed by atoms with Gasteiger partial charge in [0.05, 0.1) is 0 Å². The van der Waals surface area contributed by atoms with Crippen molar-refractivity contribution < 1.29 is 4.79 Å². The van der Waals surface area contributed by atoms with Crippen molar-refractivity contribution in [3.63, 3.8) is 0 Å². The summed E-state index contributed by atoms with van der Waals surface area (Å²) in [6.07, 6.45) is 4.83. The van der Waals surface area contributed by atoms with Crippen molar-refractivity contribution in [1.82, 2.24) is 5.32 Å². The lowest BCUT2D eigenvalue weighted by atomic mass is 9.71. The largest absolute Gasteiger partial charge is 0.354 e. The van der Waals surface area contributed by atoms with E-state index in [4.69, 9.17) is 0 Å². The number of amides is 1. The summed E-state index contributed by atoms with van der Waals surface area (Å²) in [7, 11) is 0. The maximum absolute atomic E-state index is 10.9. The van der Waals surface area contributed by atoms with Crippen LogP contribution in [0, 0.1) is 11.3 Å². The molecule has 0 bridgehead atoms. The molecule has 1 fully saturated rings. The third-order valence-corrected chi connectivity index (χ3v) is 3.36. The molecule has 0 saturated heterocycles. The Morgan fingerprint density at radius 1 is 1.06 bits per heavy atom. The molecule has 1 N–H and O–H groups in total. The summed E-state index contributed by atoms with van der Waals surface area (Å²) < 4.78 is 0. The van der Waals surface area contributed by atoms with Gasteiger partial charge in [0.2, 0.25) is 5.91 Å². The maximum atomic E-state index is 10.9. The van der Waals surface area contributed by atoms with Crippen LogP contribution >= 0.6 is 0 Å². The first-order chi connectivity index (χ1) is 7.39. The highest BCUT2D eigenvalue weighted by atomic mass is 16.1. The first-order valence-electron chi connectivity index (χ1n) is 6.66. The third kappa shape index (κ3) is 7.40. The van der Waals surface area contributed by atoms with E-state index in [-0.39, 0.29) is 13.3 Å². The number of carbonyl (C=O) groups excluding carboxylic acids is 1. The fourth-order valence-corrected chi connectivity index (χ4v) is 2.39. The number of hydrogen-bond acceptors (Lipinski definition) is 1. The zero-order valence-electron chi connectivity index (χ0n) is 11.9. The Morgan fingerprint density at radius 3 is 1.76 bits per heavy atom. The Balaban J connectivity index is 0. The van der Waals surface area contributed by atoms with Gasteiger partial charge in [0, 0.05) is 13.0 Å². The van der Waals surface area contributed by atoms with Gasteiger partial charge in [-0.3, -0.25) is 4.79 Å². The van der Waals surface area contributed by atoms with Gasteiger partial charge in [-0.1, -0.05) is 42.0 Å². The minimum atomic E-state index is 0. The molecular formula is C15H33NO. The first-order valence-corrected chi connectivity index (χ1v) is 6.66. The predicted octanol–water partition coefficient (Wildman–Crippen LogP) is 4.39. The van der Waals surface area contributed by atoms with Gasteiger partial charge in [0.15, 0.2) is 0 Å². The van der Waals surface area contributed by atoms with Crippen LogP contribution in [0.4, 0.5) is 0 Å². The Labute approximate surface area is 109 Å². The minimum absolute atomic E-state index is 0. The van der Waals surface area contributed by atoms with Crippen LogP contribution in [0.25, 0.3) is 0 Å². The molecule has 2 heteroatoms. The summed E-state index contributed by atoms with van der Waals surface area (Å²) in [5, 5.41) is 3.01. The molecule has 0 radical (unpaired) electrons. The van der Waals surface area contributed by atoms with Gasteiger partial charge >= 0.3 is 0 Å². The third-order valence-electron chi connectivity index (χ3n) is 3.36. The van der Waals surface area contributed by atoms with Crippen LogP contribution in [-0.4, -0.2) is 11.9 Å². The van der Waals surface area contributed by atoms with E-state index in [1.807, 2.05) is 13.8 Å². The Kier molecular flexibility index (Phi) is 9.46. The summed E-state index contributed by atoms with van der Waals surface area (Å²) in [6, 6.07) is 0.436. The molecule has 0 atom stereocenters. The van der Waals surface area contributed by atoms with Crippen LogP contribution in [-0.2, 0) is 4.79 Å². The van der Waals surface area contributed by atoms with E-state index < -0.39 is 0 Å². The van der Waals surface area contributed by atoms with Crippen LogP contribution in [0.5, 0.6) is 0 Å². The average Bonchev–Trinajstić information content (AvgIpc) is 2.19. The van der Waals surface area contributed by atoms with Gasteiger partial charge in [0.1, 0.15) is 0 Å². The van der Waals surface area contributed by atoms with E-state index in [2.05, 4.69) is 26.1 Å². The minimum Gasteiger partial charge on any atom is -0.354 e. The standard InChI is InChI=1S/C12H23NO.C2H6.CH4/c1-9(14)13-11-7-5-10(6-8-11)12(2,3)4;1-2;/h10-11H,5-8H2,1-4H3,(H,13,14);1-2H3;1H4. The normalized spacial score (nSPS) is 23.9. The summed E-state index contributed by atoms with van der Waals surface area (Å²) in [5.74, 6) is 0.941. The molecule has 1 aliphatic rings. The van der Waals surface area contributed by atoms with Gasteiger partial charge in [-0.15, -0.1) is 0 Å². The highest BCUT2D eigenvalue weighted by Gasteiger charge is 2.29. The van der Waals surface area contributed by atoms with E-state index >= 15 is 0 Å². The molecule has 1 rings (SSSR count). The van der Waals surface area contributed by atoms with Crippen LogP contribution in [0.1, 0.15) is 74.7 Å². The van der Waals surface area contributed by atoms with Crippen molar-refractivity contribution >= 4 is 5.91 Å². The summed E-state index contributed by atoms with van der Waals surface area (Å²) in [4.78, 5) is 10.9. The number of rotatable bonds is 1. The molecule has 0 aromatic heterocycles. The first kappa shape index (κ1) is 18.8. The van der Waals surface area contributed by atoms with Crippen molar-refractivity contribution in [2.45, 2.75) is 80.7 Å². The van der Waals surface area contributed by atoms with Gasteiger partial charge in [-0.2, -0.15) is 0 Å². The fourth-order valence-electron chi connectivity index (χ4n) is 2.39. The second kappa shape index (κ2) is 8.54. The summed E-state index contributed by atoms with van der Waals surface area (Å²) in [6.45, 7) is 12.6. The lowest BCUT2D eigenvalue weighted by Gasteiger charge is -2.37. The molecule has 0 aromatic carbocycles. The van der Waals surface area contributed by atoms with Crippen LogP contribution in [0.15, 0.2) is 0 Å². The van der Waals surface area contributed by atoms with Crippen molar-refractivity contribution in [2.24, 2.45) is 11.3 Å². The number of nitrogens with one attached hydrogen (secondary N) is 1. The second-order valence-corrected chi connectivity index (χ2v) is 5.62. The van der Waals surface area contributed by atoms with Crippen molar-refractivity contribution in [3.05, 3.63) is 0 Å². The zero-order chi connectivity index (χ0) is 12.8. The van der Waals surface area contributed by atoms with E-state index in [1.54, 1.807) is 6.92 Å². The van der Waals surface area contributed by atoms with E-state index in [9.17, 15) is 4.79 Å². The number of carbonyl (C=O) groups is 1.